The molecule has 0 aliphatic heterocycles. The first kappa shape index (κ1) is 8.63. The second kappa shape index (κ2) is 3.42. The monoisotopic (exact) mass is 192 g/mol. The Labute approximate surface area is 82.8 Å². The van der Waals surface area contributed by atoms with Gasteiger partial charge in [-0.2, -0.15) is 12.6 Å². The van der Waals surface area contributed by atoms with Crippen LogP contribution >= 0.6 is 12.6 Å². The van der Waals surface area contributed by atoms with E-state index in [9.17, 15) is 0 Å². The van der Waals surface area contributed by atoms with Crippen LogP contribution in [0, 0.1) is 0 Å². The van der Waals surface area contributed by atoms with Crippen molar-refractivity contribution in [1.29, 1.82) is 0 Å². The Bertz CT molecular complexity index is 375. The van der Waals surface area contributed by atoms with Crippen molar-refractivity contribution in [2.24, 2.45) is 0 Å². The van der Waals surface area contributed by atoms with Crippen molar-refractivity contribution in [1.82, 2.24) is 9.97 Å². The minimum Gasteiger partial charge on any atom is -0.341 e. The van der Waals surface area contributed by atoms with Crippen LogP contribution in [0.1, 0.15) is 24.4 Å². The van der Waals surface area contributed by atoms with Crippen molar-refractivity contribution >= 4 is 23.7 Å². The van der Waals surface area contributed by atoms with Gasteiger partial charge in [0.1, 0.15) is 5.82 Å². The van der Waals surface area contributed by atoms with E-state index in [1.807, 2.05) is 24.3 Å². The highest BCUT2D eigenvalue weighted by atomic mass is 32.1. The maximum absolute atomic E-state index is 4.45. The molecule has 0 spiro atoms. The lowest BCUT2D eigenvalue weighted by molar-refractivity contribution is 0.844. The molecule has 1 heterocycles. The summed E-state index contributed by atoms with van der Waals surface area (Å²) in [5.41, 5.74) is 2.11. The first-order chi connectivity index (χ1) is 6.31. The Kier molecular flexibility index (Phi) is 2.27. The summed E-state index contributed by atoms with van der Waals surface area (Å²) in [6.45, 7) is 2.10. The standard InChI is InChI=1S/C10H12N2S/c1-2-9(13)10-11-7-5-3-4-6-8(7)12-10/h3-6,9,13H,2H2,1H3,(H,11,12). The highest BCUT2D eigenvalue weighted by Crippen LogP contribution is 2.22. The lowest BCUT2D eigenvalue weighted by Gasteiger charge is -2.00. The minimum atomic E-state index is 0.215. The van der Waals surface area contributed by atoms with Crippen molar-refractivity contribution in [3.05, 3.63) is 30.1 Å². The number of H-pyrrole nitrogens is 1. The summed E-state index contributed by atoms with van der Waals surface area (Å²) in [5.74, 6) is 0.965. The molecule has 0 aliphatic carbocycles. The molecular formula is C10H12N2S. The van der Waals surface area contributed by atoms with Crippen LogP contribution in [0.5, 0.6) is 0 Å². The third-order valence-corrected chi connectivity index (χ3v) is 2.72. The summed E-state index contributed by atoms with van der Waals surface area (Å²) in [4.78, 5) is 7.71. The molecule has 2 rings (SSSR count). The van der Waals surface area contributed by atoms with Gasteiger partial charge in [0.05, 0.1) is 16.3 Å². The zero-order chi connectivity index (χ0) is 9.26. The van der Waals surface area contributed by atoms with Crippen molar-refractivity contribution in [2.75, 3.05) is 0 Å². The number of imidazole rings is 1. The Morgan fingerprint density at radius 3 is 2.92 bits per heavy atom. The fourth-order valence-electron chi connectivity index (χ4n) is 1.32. The number of aromatic amines is 1. The molecule has 3 heteroatoms. The molecule has 0 saturated heterocycles. The zero-order valence-corrected chi connectivity index (χ0v) is 8.38. The van der Waals surface area contributed by atoms with E-state index in [4.69, 9.17) is 0 Å². The third-order valence-electron chi connectivity index (χ3n) is 2.11. The lowest BCUT2D eigenvalue weighted by Crippen LogP contribution is -1.90. The van der Waals surface area contributed by atoms with Gasteiger partial charge in [0.15, 0.2) is 0 Å². The molecule has 13 heavy (non-hydrogen) atoms. The van der Waals surface area contributed by atoms with Crippen LogP contribution in [-0.4, -0.2) is 9.97 Å². The predicted molar refractivity (Wildman–Crippen MR) is 58.1 cm³/mol. The van der Waals surface area contributed by atoms with Crippen molar-refractivity contribution in [3.63, 3.8) is 0 Å². The van der Waals surface area contributed by atoms with Gasteiger partial charge in [0.2, 0.25) is 0 Å². The number of nitrogens with one attached hydrogen (secondary N) is 1. The molecule has 1 aromatic heterocycles. The van der Waals surface area contributed by atoms with Crippen LogP contribution < -0.4 is 0 Å². The second-order valence-corrected chi connectivity index (χ2v) is 3.69. The molecule has 1 atom stereocenters. The minimum absolute atomic E-state index is 0.215. The van der Waals surface area contributed by atoms with E-state index in [1.165, 1.54) is 0 Å². The molecule has 1 aromatic carbocycles. The van der Waals surface area contributed by atoms with E-state index in [0.717, 1.165) is 23.3 Å². The lowest BCUT2D eigenvalue weighted by atomic mass is 10.3. The Morgan fingerprint density at radius 2 is 2.23 bits per heavy atom. The average Bonchev–Trinajstić information content (AvgIpc) is 2.59. The average molecular weight is 192 g/mol. The number of thiol groups is 1. The summed E-state index contributed by atoms with van der Waals surface area (Å²) in [5, 5.41) is 0.215. The molecule has 0 saturated carbocycles. The molecule has 0 bridgehead atoms. The Hall–Kier alpha value is -0.960. The number of para-hydroxylation sites is 2. The van der Waals surface area contributed by atoms with Crippen LogP contribution in [0.4, 0.5) is 0 Å². The maximum Gasteiger partial charge on any atom is 0.120 e. The quantitative estimate of drug-likeness (QED) is 0.704. The van der Waals surface area contributed by atoms with E-state index in [0.29, 0.717) is 0 Å². The number of hydrogen-bond acceptors (Lipinski definition) is 2. The number of benzene rings is 1. The van der Waals surface area contributed by atoms with Crippen molar-refractivity contribution in [3.8, 4) is 0 Å². The molecule has 0 fully saturated rings. The highest BCUT2D eigenvalue weighted by Gasteiger charge is 2.08. The normalized spacial score (nSPS) is 13.4. The van der Waals surface area contributed by atoms with Crippen LogP contribution in [0.2, 0.25) is 0 Å². The van der Waals surface area contributed by atoms with Crippen molar-refractivity contribution in [2.45, 2.75) is 18.6 Å². The smallest absolute Gasteiger partial charge is 0.120 e. The molecule has 2 aromatic rings. The van der Waals surface area contributed by atoms with Gasteiger partial charge < -0.3 is 4.98 Å². The summed E-state index contributed by atoms with van der Waals surface area (Å²) in [6.07, 6.45) is 0.989. The molecule has 0 radical (unpaired) electrons. The number of rotatable bonds is 2. The van der Waals surface area contributed by atoms with Gasteiger partial charge in [-0.1, -0.05) is 19.1 Å². The van der Waals surface area contributed by atoms with Crippen LogP contribution in [0.25, 0.3) is 11.0 Å². The third kappa shape index (κ3) is 1.56. The zero-order valence-electron chi connectivity index (χ0n) is 7.49. The van der Waals surface area contributed by atoms with E-state index in [-0.39, 0.29) is 5.25 Å². The Balaban J connectivity index is 2.49. The van der Waals surface area contributed by atoms with Crippen molar-refractivity contribution < 1.29 is 0 Å². The van der Waals surface area contributed by atoms with Gasteiger partial charge in [0, 0.05) is 0 Å². The summed E-state index contributed by atoms with van der Waals surface area (Å²) in [6, 6.07) is 8.03. The first-order valence-corrected chi connectivity index (χ1v) is 4.95. The first-order valence-electron chi connectivity index (χ1n) is 4.44. The maximum atomic E-state index is 4.45. The summed E-state index contributed by atoms with van der Waals surface area (Å²) >= 11 is 4.44. The number of hydrogen-bond donors (Lipinski definition) is 2. The van der Waals surface area contributed by atoms with Gasteiger partial charge in [-0.25, -0.2) is 4.98 Å². The topological polar surface area (TPSA) is 28.7 Å². The number of fused-ring (bicyclic) bond motifs is 1. The Morgan fingerprint density at radius 1 is 1.46 bits per heavy atom. The molecular weight excluding hydrogens is 180 g/mol. The SMILES string of the molecule is CCC(S)c1nc2ccccc2[nH]1. The van der Waals surface area contributed by atoms with Crippen LogP contribution in [0.3, 0.4) is 0 Å². The molecule has 2 nitrogen and oxygen atoms in total. The van der Waals surface area contributed by atoms with E-state index in [1.54, 1.807) is 0 Å². The molecule has 1 unspecified atom stereocenters. The van der Waals surface area contributed by atoms with E-state index >= 15 is 0 Å². The molecule has 0 amide bonds. The highest BCUT2D eigenvalue weighted by molar-refractivity contribution is 7.80. The molecule has 0 aliphatic rings. The van der Waals surface area contributed by atoms with Crippen LogP contribution in [-0.2, 0) is 0 Å². The van der Waals surface area contributed by atoms with Gasteiger partial charge in [-0.3, -0.25) is 0 Å². The fraction of sp³-hybridized carbons (Fsp3) is 0.300. The molecule has 1 N–H and O–H groups in total. The predicted octanol–water partition coefficient (Wildman–Crippen LogP) is 2.94. The largest absolute Gasteiger partial charge is 0.341 e. The number of aromatic nitrogens is 2. The van der Waals surface area contributed by atoms with Gasteiger partial charge in [0.25, 0.3) is 0 Å². The molecule has 68 valence electrons. The number of nitrogens with zero attached hydrogens (tertiary/aromatic N) is 1. The van der Waals surface area contributed by atoms with E-state index < -0.39 is 0 Å². The van der Waals surface area contributed by atoms with Gasteiger partial charge in [-0.05, 0) is 18.6 Å². The fourth-order valence-corrected chi connectivity index (χ4v) is 1.45. The van der Waals surface area contributed by atoms with Gasteiger partial charge >= 0.3 is 0 Å². The second-order valence-electron chi connectivity index (χ2n) is 3.06. The van der Waals surface area contributed by atoms with E-state index in [2.05, 4.69) is 29.5 Å². The summed E-state index contributed by atoms with van der Waals surface area (Å²) < 4.78 is 0. The van der Waals surface area contributed by atoms with Crippen LogP contribution in [0.15, 0.2) is 24.3 Å². The summed E-state index contributed by atoms with van der Waals surface area (Å²) in [7, 11) is 0. The van der Waals surface area contributed by atoms with Gasteiger partial charge in [-0.15, -0.1) is 0 Å².